The summed E-state index contributed by atoms with van der Waals surface area (Å²) in [5, 5.41) is 0. The van der Waals surface area contributed by atoms with Crippen LogP contribution in [-0.4, -0.2) is 28.0 Å². The third-order valence-corrected chi connectivity index (χ3v) is 25.3. The summed E-state index contributed by atoms with van der Waals surface area (Å²) in [5.41, 5.74) is 0. The minimum atomic E-state index is -3.41. The summed E-state index contributed by atoms with van der Waals surface area (Å²) in [7, 11) is 1.81. The summed E-state index contributed by atoms with van der Waals surface area (Å²) in [6.07, 6.45) is 0. The molecule has 0 aromatic heterocycles. The van der Waals surface area contributed by atoms with E-state index in [1.54, 1.807) is 0 Å². The quantitative estimate of drug-likeness (QED) is 0.369. The number of hydrogen-bond donors (Lipinski definition) is 0. The van der Waals surface area contributed by atoms with Crippen LogP contribution in [0.3, 0.4) is 0 Å². The Balaban J connectivity index is 2.15. The zero-order valence-electron chi connectivity index (χ0n) is 15.7. The fraction of sp³-hybridized carbons (Fsp3) is 0.174. The summed E-state index contributed by atoms with van der Waals surface area (Å²) in [6.45, 7) is 4.96. The summed E-state index contributed by atoms with van der Waals surface area (Å²) < 4.78 is 10.8. The monoisotopic (exact) mass is 500 g/mol. The Morgan fingerprint density at radius 3 is 1.48 bits per heavy atom. The molecular formula is C23H24OS2Sn. The van der Waals surface area contributed by atoms with Crippen molar-refractivity contribution in [1.82, 2.24) is 0 Å². The van der Waals surface area contributed by atoms with Crippen molar-refractivity contribution in [3.05, 3.63) is 91.0 Å². The van der Waals surface area contributed by atoms with Gasteiger partial charge in [0.2, 0.25) is 0 Å². The van der Waals surface area contributed by atoms with Crippen LogP contribution < -0.4 is 10.7 Å². The van der Waals surface area contributed by atoms with Crippen LogP contribution >= 0.6 is 21.2 Å². The standard InChI is InChI=1S/3C6H5.C5H10OS2.Sn/c3*1-2-4-6-5-3-1;1-4(2)3-6-5(7)8;/h3*1-5H;4H,3H2,1-2H3,(H,7,8);/q;;;;+1/p-1. The first-order chi connectivity index (χ1) is 13.1. The molecule has 3 aromatic carbocycles. The van der Waals surface area contributed by atoms with Crippen LogP contribution in [-0.2, 0) is 4.74 Å². The molecule has 1 nitrogen and oxygen atoms in total. The van der Waals surface area contributed by atoms with Crippen molar-refractivity contribution < 1.29 is 4.74 Å². The van der Waals surface area contributed by atoms with Crippen molar-refractivity contribution >= 4 is 53.3 Å². The Morgan fingerprint density at radius 1 is 0.778 bits per heavy atom. The molecule has 0 N–H and O–H groups in total. The van der Waals surface area contributed by atoms with Gasteiger partial charge in [-0.05, 0) is 0 Å². The first kappa shape index (κ1) is 20.4. The Bertz CT molecular complexity index is 755. The maximum atomic E-state index is 5.97. The van der Waals surface area contributed by atoms with Crippen LogP contribution in [0.2, 0.25) is 0 Å². The molecule has 4 heteroatoms. The molecule has 0 fully saturated rings. The summed E-state index contributed by atoms with van der Waals surface area (Å²) in [4.78, 5) is 0. The van der Waals surface area contributed by atoms with Crippen LogP contribution in [0.5, 0.6) is 0 Å². The van der Waals surface area contributed by atoms with Gasteiger partial charge < -0.3 is 0 Å². The first-order valence-electron chi connectivity index (χ1n) is 9.15. The molecule has 3 aromatic rings. The van der Waals surface area contributed by atoms with Gasteiger partial charge in [0, 0.05) is 0 Å². The van der Waals surface area contributed by atoms with Crippen molar-refractivity contribution in [2.75, 3.05) is 6.61 Å². The number of thiocarbonyl (C=S) groups is 1. The molecule has 0 bridgehead atoms. The van der Waals surface area contributed by atoms with Crippen LogP contribution in [0.15, 0.2) is 91.0 Å². The summed E-state index contributed by atoms with van der Waals surface area (Å²) in [5.74, 6) is 0.457. The summed E-state index contributed by atoms with van der Waals surface area (Å²) >= 11 is 2.31. The molecule has 0 saturated heterocycles. The molecule has 3 rings (SSSR count). The van der Waals surface area contributed by atoms with Crippen molar-refractivity contribution in [1.29, 1.82) is 0 Å². The average molecular weight is 499 g/mol. The van der Waals surface area contributed by atoms with E-state index >= 15 is 0 Å². The number of hydrogen-bond acceptors (Lipinski definition) is 3. The van der Waals surface area contributed by atoms with E-state index in [9.17, 15) is 0 Å². The van der Waals surface area contributed by atoms with Gasteiger partial charge in [0.1, 0.15) is 0 Å². The van der Waals surface area contributed by atoms with Gasteiger partial charge in [0.05, 0.1) is 0 Å². The van der Waals surface area contributed by atoms with Gasteiger partial charge in [0.25, 0.3) is 0 Å². The zero-order chi connectivity index (χ0) is 19.1. The van der Waals surface area contributed by atoms with E-state index < -0.39 is 17.0 Å². The molecule has 0 spiro atoms. The second-order valence-electron chi connectivity index (χ2n) is 6.84. The molecule has 0 aliphatic rings. The number of rotatable bonds is 6. The molecule has 0 unspecified atom stereocenters. The van der Waals surface area contributed by atoms with Gasteiger partial charge in [-0.2, -0.15) is 0 Å². The Kier molecular flexibility index (Phi) is 7.39. The van der Waals surface area contributed by atoms with E-state index in [1.165, 1.54) is 10.7 Å². The van der Waals surface area contributed by atoms with Gasteiger partial charge in [0.15, 0.2) is 0 Å². The topological polar surface area (TPSA) is 9.23 Å². The van der Waals surface area contributed by atoms with Crippen LogP contribution in [0, 0.1) is 5.92 Å². The predicted octanol–water partition coefficient (Wildman–Crippen LogP) is 4.34. The fourth-order valence-corrected chi connectivity index (χ4v) is 23.3. The third-order valence-electron chi connectivity index (χ3n) is 4.31. The van der Waals surface area contributed by atoms with E-state index in [2.05, 4.69) is 105 Å². The first-order valence-corrected chi connectivity index (χ1v) is 18.2. The van der Waals surface area contributed by atoms with Gasteiger partial charge >= 0.3 is 175 Å². The molecule has 0 aliphatic carbocycles. The van der Waals surface area contributed by atoms with E-state index in [-0.39, 0.29) is 0 Å². The molecule has 0 radical (unpaired) electrons. The molecule has 138 valence electrons. The van der Waals surface area contributed by atoms with E-state index in [1.807, 2.05) is 8.95 Å². The number of ether oxygens (including phenoxy) is 1. The third kappa shape index (κ3) is 4.95. The van der Waals surface area contributed by atoms with Gasteiger partial charge in [-0.25, -0.2) is 0 Å². The maximum absolute atomic E-state index is 5.97. The average Bonchev–Trinajstić information content (AvgIpc) is 2.72. The Labute approximate surface area is 174 Å². The van der Waals surface area contributed by atoms with Crippen LogP contribution in [0.4, 0.5) is 0 Å². The van der Waals surface area contributed by atoms with Crippen molar-refractivity contribution in [2.45, 2.75) is 13.8 Å². The molecule has 0 saturated carbocycles. The molecule has 0 atom stereocenters. The zero-order valence-corrected chi connectivity index (χ0v) is 20.2. The van der Waals surface area contributed by atoms with Crippen molar-refractivity contribution in [3.8, 4) is 0 Å². The fourth-order valence-electron chi connectivity index (χ4n) is 3.08. The van der Waals surface area contributed by atoms with Crippen molar-refractivity contribution in [2.24, 2.45) is 5.92 Å². The van der Waals surface area contributed by atoms with Crippen LogP contribution in [0.25, 0.3) is 0 Å². The van der Waals surface area contributed by atoms with Crippen LogP contribution in [0.1, 0.15) is 13.8 Å². The SMILES string of the molecule is CC(C)COC(=S)[S][Sn]([c]1ccccc1)([c]1ccccc1)[c]1ccccc1. The molecule has 0 aliphatic heterocycles. The minimum absolute atomic E-state index is 0.457. The summed E-state index contributed by atoms with van der Waals surface area (Å²) in [6, 6.07) is 32.6. The number of benzene rings is 3. The van der Waals surface area contributed by atoms with E-state index in [0.717, 1.165) is 0 Å². The van der Waals surface area contributed by atoms with E-state index in [0.29, 0.717) is 16.9 Å². The molecule has 27 heavy (non-hydrogen) atoms. The second-order valence-corrected chi connectivity index (χ2v) is 22.7. The predicted molar refractivity (Wildman–Crippen MR) is 125 cm³/mol. The molecule has 0 heterocycles. The Hall–Kier alpha value is -1.30. The molecular weight excluding hydrogens is 475 g/mol. The van der Waals surface area contributed by atoms with Crippen molar-refractivity contribution in [3.63, 3.8) is 0 Å². The van der Waals surface area contributed by atoms with Gasteiger partial charge in [-0.15, -0.1) is 0 Å². The van der Waals surface area contributed by atoms with Gasteiger partial charge in [-0.1, -0.05) is 0 Å². The Morgan fingerprint density at radius 2 is 1.15 bits per heavy atom. The normalized spacial score (nSPS) is 11.4. The molecule has 0 amide bonds. The second kappa shape index (κ2) is 9.76. The van der Waals surface area contributed by atoms with E-state index in [4.69, 9.17) is 17.0 Å². The van der Waals surface area contributed by atoms with Gasteiger partial charge in [-0.3, -0.25) is 0 Å².